The van der Waals surface area contributed by atoms with Crippen LogP contribution in [0.4, 0.5) is 4.79 Å². The van der Waals surface area contributed by atoms with Gasteiger partial charge in [0.1, 0.15) is 5.54 Å². The van der Waals surface area contributed by atoms with Crippen molar-refractivity contribution in [1.29, 1.82) is 0 Å². The Morgan fingerprint density at radius 3 is 2.78 bits per heavy atom. The largest absolute Gasteiger partial charge is 0.325 e. The van der Waals surface area contributed by atoms with Crippen molar-refractivity contribution < 1.29 is 9.59 Å². The molecular weight excluding hydrogens is 256 g/mol. The van der Waals surface area contributed by atoms with Crippen LogP contribution in [0.1, 0.15) is 12.5 Å². The molecule has 1 atom stereocenters. The van der Waals surface area contributed by atoms with E-state index >= 15 is 0 Å². The van der Waals surface area contributed by atoms with Gasteiger partial charge in [0, 0.05) is 23.8 Å². The van der Waals surface area contributed by atoms with Crippen molar-refractivity contribution in [1.82, 2.24) is 20.0 Å². The van der Waals surface area contributed by atoms with Gasteiger partial charge in [-0.1, -0.05) is 18.2 Å². The Balaban J connectivity index is 2.34. The van der Waals surface area contributed by atoms with Crippen LogP contribution >= 0.6 is 11.6 Å². The SMILES string of the molecule is C=C(Cl)CN1C(=O)NC(C)(c2cnn(C)c2)C1=O. The summed E-state index contributed by atoms with van der Waals surface area (Å²) in [6.07, 6.45) is 3.24. The molecule has 6 nitrogen and oxygen atoms in total. The predicted octanol–water partition coefficient (Wildman–Crippen LogP) is 0.940. The van der Waals surface area contributed by atoms with Crippen LogP contribution in [0.5, 0.6) is 0 Å². The van der Waals surface area contributed by atoms with E-state index < -0.39 is 11.6 Å². The van der Waals surface area contributed by atoms with Gasteiger partial charge in [-0.25, -0.2) is 4.79 Å². The van der Waals surface area contributed by atoms with Gasteiger partial charge >= 0.3 is 6.03 Å². The molecular formula is C11H13ClN4O2. The van der Waals surface area contributed by atoms with E-state index in [0.29, 0.717) is 5.56 Å². The average molecular weight is 269 g/mol. The standard InChI is InChI=1S/C11H13ClN4O2/c1-7(12)5-16-9(17)11(2,14-10(16)18)8-4-13-15(3)6-8/h4,6H,1,5H2,2-3H3,(H,14,18). The minimum absolute atomic E-state index is 0.00206. The second-order valence-electron chi connectivity index (χ2n) is 4.37. The van der Waals surface area contributed by atoms with Crippen LogP contribution in [0.3, 0.4) is 0 Å². The topological polar surface area (TPSA) is 67.2 Å². The van der Waals surface area contributed by atoms with Gasteiger partial charge in [-0.05, 0) is 6.92 Å². The van der Waals surface area contributed by atoms with E-state index in [0.717, 1.165) is 4.90 Å². The molecule has 7 heteroatoms. The highest BCUT2D eigenvalue weighted by molar-refractivity contribution is 6.30. The van der Waals surface area contributed by atoms with Gasteiger partial charge in [0.05, 0.1) is 12.7 Å². The average Bonchev–Trinajstić information content (AvgIpc) is 2.78. The van der Waals surface area contributed by atoms with Gasteiger partial charge in [0.25, 0.3) is 5.91 Å². The fourth-order valence-electron chi connectivity index (χ4n) is 1.89. The highest BCUT2D eigenvalue weighted by atomic mass is 35.5. The molecule has 1 aliphatic heterocycles. The van der Waals surface area contributed by atoms with Gasteiger partial charge in [-0.15, -0.1) is 0 Å². The summed E-state index contributed by atoms with van der Waals surface area (Å²) in [5.74, 6) is -0.359. The number of halogens is 1. The Morgan fingerprint density at radius 2 is 2.28 bits per heavy atom. The summed E-state index contributed by atoms with van der Waals surface area (Å²) in [5.41, 5.74) is -0.469. The number of hydrogen-bond donors (Lipinski definition) is 1. The fourth-order valence-corrected chi connectivity index (χ4v) is 2.01. The number of urea groups is 1. The first-order valence-corrected chi connectivity index (χ1v) is 5.69. The van der Waals surface area contributed by atoms with Crippen LogP contribution in [0.25, 0.3) is 0 Å². The first-order valence-electron chi connectivity index (χ1n) is 5.31. The number of nitrogens with zero attached hydrogens (tertiary/aromatic N) is 3. The molecule has 3 amide bonds. The molecule has 1 saturated heterocycles. The molecule has 0 bridgehead atoms. The van der Waals surface area contributed by atoms with E-state index in [4.69, 9.17) is 11.6 Å². The molecule has 18 heavy (non-hydrogen) atoms. The maximum Gasteiger partial charge on any atom is 0.325 e. The lowest BCUT2D eigenvalue weighted by Gasteiger charge is -2.19. The lowest BCUT2D eigenvalue weighted by Crippen LogP contribution is -2.40. The van der Waals surface area contributed by atoms with Crippen LogP contribution in [0.15, 0.2) is 24.0 Å². The summed E-state index contributed by atoms with van der Waals surface area (Å²) in [6, 6.07) is -0.479. The number of aromatic nitrogens is 2. The number of carbonyl (C=O) groups excluding carboxylic acids is 2. The van der Waals surface area contributed by atoms with Crippen LogP contribution in [0, 0.1) is 0 Å². The van der Waals surface area contributed by atoms with E-state index in [1.165, 1.54) is 0 Å². The second kappa shape index (κ2) is 4.13. The van der Waals surface area contributed by atoms with Crippen molar-refractivity contribution in [2.45, 2.75) is 12.5 Å². The summed E-state index contributed by atoms with van der Waals surface area (Å²) in [4.78, 5) is 25.1. The van der Waals surface area contributed by atoms with Crippen LogP contribution < -0.4 is 5.32 Å². The van der Waals surface area contributed by atoms with Crippen LogP contribution in [-0.4, -0.2) is 33.2 Å². The Bertz CT molecular complexity index is 539. The van der Waals surface area contributed by atoms with Gasteiger partial charge in [0.2, 0.25) is 0 Å². The summed E-state index contributed by atoms with van der Waals surface area (Å²) in [7, 11) is 1.74. The number of rotatable bonds is 3. The van der Waals surface area contributed by atoms with Gasteiger partial charge in [-0.3, -0.25) is 14.4 Å². The Morgan fingerprint density at radius 1 is 1.61 bits per heavy atom. The minimum atomic E-state index is -1.10. The van der Waals surface area contributed by atoms with Crippen molar-refractivity contribution in [2.75, 3.05) is 6.54 Å². The number of imide groups is 1. The lowest BCUT2D eigenvalue weighted by atomic mass is 9.95. The molecule has 2 heterocycles. The molecule has 1 aromatic rings. The number of hydrogen-bond acceptors (Lipinski definition) is 3. The van der Waals surface area contributed by atoms with Gasteiger partial charge in [0.15, 0.2) is 0 Å². The molecule has 2 rings (SSSR count). The van der Waals surface area contributed by atoms with E-state index in [2.05, 4.69) is 17.0 Å². The molecule has 1 unspecified atom stereocenters. The number of amides is 3. The monoisotopic (exact) mass is 268 g/mol. The third-order valence-electron chi connectivity index (χ3n) is 2.89. The highest BCUT2D eigenvalue weighted by Crippen LogP contribution is 2.28. The van der Waals surface area contributed by atoms with Gasteiger partial charge in [-0.2, -0.15) is 5.10 Å². The Labute approximate surface area is 109 Å². The zero-order valence-corrected chi connectivity index (χ0v) is 10.9. The first-order chi connectivity index (χ1) is 8.34. The van der Waals surface area contributed by atoms with Crippen molar-refractivity contribution in [3.63, 3.8) is 0 Å². The number of nitrogens with one attached hydrogen (secondary N) is 1. The highest BCUT2D eigenvalue weighted by Gasteiger charge is 2.49. The van der Waals surface area contributed by atoms with E-state index in [1.54, 1.807) is 31.0 Å². The molecule has 1 fully saturated rings. The zero-order chi connectivity index (χ0) is 13.5. The molecule has 0 aliphatic carbocycles. The van der Waals surface area contributed by atoms with Crippen molar-refractivity contribution in [3.8, 4) is 0 Å². The molecule has 0 saturated carbocycles. The molecule has 96 valence electrons. The van der Waals surface area contributed by atoms with Crippen molar-refractivity contribution in [3.05, 3.63) is 29.6 Å². The maximum absolute atomic E-state index is 12.3. The third-order valence-corrected chi connectivity index (χ3v) is 3.01. The second-order valence-corrected chi connectivity index (χ2v) is 4.90. The normalized spacial score (nSPS) is 23.4. The van der Waals surface area contributed by atoms with Crippen molar-refractivity contribution >= 4 is 23.5 Å². The summed E-state index contributed by atoms with van der Waals surface area (Å²) >= 11 is 5.65. The predicted molar refractivity (Wildman–Crippen MR) is 65.8 cm³/mol. The number of aryl methyl sites for hydroxylation is 1. The van der Waals surface area contributed by atoms with Crippen molar-refractivity contribution in [2.24, 2.45) is 7.05 Å². The third kappa shape index (κ3) is 1.88. The minimum Gasteiger partial charge on any atom is -0.319 e. The molecule has 1 aromatic heterocycles. The van der Waals surface area contributed by atoms with Crippen LogP contribution in [0.2, 0.25) is 0 Å². The zero-order valence-electron chi connectivity index (χ0n) is 10.1. The molecule has 1 N–H and O–H groups in total. The van der Waals surface area contributed by atoms with E-state index in [1.807, 2.05) is 0 Å². The Hall–Kier alpha value is -1.82. The molecule has 0 aromatic carbocycles. The maximum atomic E-state index is 12.3. The van der Waals surface area contributed by atoms with E-state index in [-0.39, 0.29) is 17.5 Å². The van der Waals surface area contributed by atoms with Crippen LogP contribution in [-0.2, 0) is 17.4 Å². The van der Waals surface area contributed by atoms with Gasteiger partial charge < -0.3 is 5.32 Å². The summed E-state index contributed by atoms with van der Waals surface area (Å²) in [6.45, 7) is 5.13. The lowest BCUT2D eigenvalue weighted by molar-refractivity contribution is -0.130. The molecule has 0 spiro atoms. The first kappa shape index (κ1) is 12.6. The van der Waals surface area contributed by atoms with E-state index in [9.17, 15) is 9.59 Å². The molecule has 0 radical (unpaired) electrons. The summed E-state index contributed by atoms with van der Waals surface area (Å²) in [5, 5.41) is 6.88. The smallest absolute Gasteiger partial charge is 0.319 e. The Kier molecular flexibility index (Phi) is 2.90. The number of carbonyl (C=O) groups is 2. The quantitative estimate of drug-likeness (QED) is 0.830. The molecule has 1 aliphatic rings. The fraction of sp³-hybridized carbons (Fsp3) is 0.364. The summed E-state index contributed by atoms with van der Waals surface area (Å²) < 4.78 is 1.57.